The number of rotatable bonds is 3. The molecule has 0 spiro atoms. The molecule has 0 bridgehead atoms. The van der Waals surface area contributed by atoms with Crippen LogP contribution in [-0.4, -0.2) is 51.0 Å². The number of nitrogens with zero attached hydrogens (tertiary/aromatic N) is 5. The van der Waals surface area contributed by atoms with Crippen LogP contribution >= 0.6 is 0 Å². The fourth-order valence-corrected chi connectivity index (χ4v) is 3.18. The van der Waals surface area contributed by atoms with Gasteiger partial charge in [0, 0.05) is 32.7 Å². The van der Waals surface area contributed by atoms with Crippen LogP contribution in [0.3, 0.4) is 0 Å². The second-order valence-corrected chi connectivity index (χ2v) is 6.04. The first-order chi connectivity index (χ1) is 11.8. The van der Waals surface area contributed by atoms with E-state index in [-0.39, 0.29) is 5.82 Å². The van der Waals surface area contributed by atoms with Crippen molar-refractivity contribution in [1.29, 1.82) is 0 Å². The van der Waals surface area contributed by atoms with Crippen molar-refractivity contribution >= 4 is 17.0 Å². The highest BCUT2D eigenvalue weighted by atomic mass is 19.1. The molecule has 3 aromatic rings. The summed E-state index contributed by atoms with van der Waals surface area (Å²) in [7, 11) is 0. The zero-order valence-corrected chi connectivity index (χ0v) is 13.3. The fourth-order valence-electron chi connectivity index (χ4n) is 3.18. The van der Waals surface area contributed by atoms with Gasteiger partial charge in [0.2, 0.25) is 0 Å². The van der Waals surface area contributed by atoms with Gasteiger partial charge in [0.1, 0.15) is 17.7 Å². The van der Waals surface area contributed by atoms with Crippen LogP contribution in [0.1, 0.15) is 12.0 Å². The Morgan fingerprint density at radius 1 is 1.00 bits per heavy atom. The highest BCUT2D eigenvalue weighted by molar-refractivity contribution is 5.82. The SMILES string of the molecule is Fc1ccc(CN2CCCN(c3ncnc4nc[nH]c34)CC2)cc1. The molecule has 1 fully saturated rings. The van der Waals surface area contributed by atoms with Gasteiger partial charge in [0.15, 0.2) is 11.5 Å². The summed E-state index contributed by atoms with van der Waals surface area (Å²) in [6.07, 6.45) is 4.28. The third-order valence-corrected chi connectivity index (χ3v) is 4.41. The highest BCUT2D eigenvalue weighted by Gasteiger charge is 2.19. The van der Waals surface area contributed by atoms with Crippen molar-refractivity contribution in [3.05, 3.63) is 48.3 Å². The first-order valence-electron chi connectivity index (χ1n) is 8.15. The molecule has 7 heteroatoms. The van der Waals surface area contributed by atoms with E-state index in [1.54, 1.807) is 12.7 Å². The number of H-pyrrole nitrogens is 1. The van der Waals surface area contributed by atoms with E-state index in [0.717, 1.165) is 56.0 Å². The molecular formula is C17H19FN6. The molecule has 0 unspecified atom stereocenters. The largest absolute Gasteiger partial charge is 0.353 e. The quantitative estimate of drug-likeness (QED) is 0.799. The molecule has 1 aromatic carbocycles. The molecule has 0 aliphatic carbocycles. The van der Waals surface area contributed by atoms with Gasteiger partial charge in [-0.05, 0) is 24.1 Å². The summed E-state index contributed by atoms with van der Waals surface area (Å²) in [5.74, 6) is 0.731. The average Bonchev–Trinajstić information content (AvgIpc) is 2.97. The lowest BCUT2D eigenvalue weighted by atomic mass is 10.2. The third-order valence-electron chi connectivity index (χ3n) is 4.41. The molecule has 24 heavy (non-hydrogen) atoms. The molecule has 1 N–H and O–H groups in total. The predicted molar refractivity (Wildman–Crippen MR) is 90.2 cm³/mol. The Morgan fingerprint density at radius 3 is 2.75 bits per heavy atom. The molecule has 6 nitrogen and oxygen atoms in total. The Kier molecular flexibility index (Phi) is 4.08. The summed E-state index contributed by atoms with van der Waals surface area (Å²) in [6.45, 7) is 4.65. The topological polar surface area (TPSA) is 60.9 Å². The zero-order valence-electron chi connectivity index (χ0n) is 13.3. The Morgan fingerprint density at radius 2 is 1.88 bits per heavy atom. The number of hydrogen-bond acceptors (Lipinski definition) is 5. The molecule has 0 saturated carbocycles. The van der Waals surface area contributed by atoms with Crippen molar-refractivity contribution in [3.63, 3.8) is 0 Å². The van der Waals surface area contributed by atoms with Crippen LogP contribution in [0.5, 0.6) is 0 Å². The summed E-state index contributed by atoms with van der Waals surface area (Å²) in [5.41, 5.74) is 2.74. The average molecular weight is 326 g/mol. The minimum atomic E-state index is -0.187. The van der Waals surface area contributed by atoms with Crippen LogP contribution in [0, 0.1) is 5.82 Å². The second-order valence-electron chi connectivity index (χ2n) is 6.04. The van der Waals surface area contributed by atoms with Gasteiger partial charge in [0.25, 0.3) is 0 Å². The molecule has 1 aliphatic rings. The van der Waals surface area contributed by atoms with E-state index in [2.05, 4.69) is 29.7 Å². The van der Waals surface area contributed by atoms with Gasteiger partial charge in [0.05, 0.1) is 6.33 Å². The van der Waals surface area contributed by atoms with Crippen LogP contribution in [0.15, 0.2) is 36.9 Å². The van der Waals surface area contributed by atoms with Gasteiger partial charge < -0.3 is 9.88 Å². The van der Waals surface area contributed by atoms with Crippen molar-refractivity contribution in [3.8, 4) is 0 Å². The summed E-state index contributed by atoms with van der Waals surface area (Å²) < 4.78 is 13.0. The first kappa shape index (κ1) is 15.0. The maximum absolute atomic E-state index is 13.0. The third kappa shape index (κ3) is 3.07. The van der Waals surface area contributed by atoms with E-state index >= 15 is 0 Å². The van der Waals surface area contributed by atoms with Crippen molar-refractivity contribution < 1.29 is 4.39 Å². The second kappa shape index (κ2) is 6.52. The van der Waals surface area contributed by atoms with Gasteiger partial charge in [-0.3, -0.25) is 4.90 Å². The molecule has 3 heterocycles. The fraction of sp³-hybridized carbons (Fsp3) is 0.353. The number of aromatic nitrogens is 4. The number of hydrogen-bond donors (Lipinski definition) is 1. The molecule has 124 valence electrons. The predicted octanol–water partition coefficient (Wildman–Crippen LogP) is 2.20. The summed E-state index contributed by atoms with van der Waals surface area (Å²) >= 11 is 0. The number of imidazole rings is 1. The molecule has 0 radical (unpaired) electrons. The van der Waals surface area contributed by atoms with E-state index in [1.807, 2.05) is 12.1 Å². The van der Waals surface area contributed by atoms with E-state index < -0.39 is 0 Å². The number of nitrogens with one attached hydrogen (secondary N) is 1. The molecule has 1 saturated heterocycles. The lowest BCUT2D eigenvalue weighted by Gasteiger charge is -2.23. The minimum Gasteiger partial charge on any atom is -0.353 e. The van der Waals surface area contributed by atoms with E-state index in [0.29, 0.717) is 5.65 Å². The normalized spacial score (nSPS) is 16.5. The van der Waals surface area contributed by atoms with Crippen molar-refractivity contribution in [2.45, 2.75) is 13.0 Å². The summed E-state index contributed by atoms with van der Waals surface area (Å²) in [5, 5.41) is 0. The molecule has 0 amide bonds. The monoisotopic (exact) mass is 326 g/mol. The summed E-state index contributed by atoms with van der Waals surface area (Å²) in [4.78, 5) is 20.6. The number of aromatic amines is 1. The van der Waals surface area contributed by atoms with E-state index in [1.165, 1.54) is 12.1 Å². The van der Waals surface area contributed by atoms with Gasteiger partial charge in [-0.2, -0.15) is 0 Å². The summed E-state index contributed by atoms with van der Waals surface area (Å²) in [6, 6.07) is 6.76. The lowest BCUT2D eigenvalue weighted by Crippen LogP contribution is -2.31. The van der Waals surface area contributed by atoms with Crippen LogP contribution in [-0.2, 0) is 6.54 Å². The van der Waals surface area contributed by atoms with E-state index in [9.17, 15) is 4.39 Å². The maximum atomic E-state index is 13.0. The molecule has 4 rings (SSSR count). The van der Waals surface area contributed by atoms with Crippen LogP contribution < -0.4 is 4.90 Å². The Labute approximate surface area is 139 Å². The Balaban J connectivity index is 1.46. The van der Waals surface area contributed by atoms with Crippen molar-refractivity contribution in [2.24, 2.45) is 0 Å². The smallest absolute Gasteiger partial charge is 0.182 e. The number of benzene rings is 1. The van der Waals surface area contributed by atoms with Gasteiger partial charge >= 0.3 is 0 Å². The van der Waals surface area contributed by atoms with Crippen molar-refractivity contribution in [1.82, 2.24) is 24.8 Å². The maximum Gasteiger partial charge on any atom is 0.182 e. The lowest BCUT2D eigenvalue weighted by molar-refractivity contribution is 0.285. The minimum absolute atomic E-state index is 0.187. The van der Waals surface area contributed by atoms with Gasteiger partial charge in [-0.25, -0.2) is 19.3 Å². The number of anilines is 1. The van der Waals surface area contributed by atoms with Crippen LogP contribution in [0.25, 0.3) is 11.2 Å². The molecule has 2 aromatic heterocycles. The van der Waals surface area contributed by atoms with Crippen molar-refractivity contribution in [2.75, 3.05) is 31.1 Å². The first-order valence-corrected chi connectivity index (χ1v) is 8.15. The standard InChI is InChI=1S/C17H19FN6/c18-14-4-2-13(3-5-14)10-23-6-1-7-24(9-8-23)17-15-16(20-11-19-15)21-12-22-17/h2-5,11-12H,1,6-10H2,(H,19,20,21,22). The number of halogens is 1. The number of fused-ring (bicyclic) bond motifs is 1. The van der Waals surface area contributed by atoms with E-state index in [4.69, 9.17) is 0 Å². The van der Waals surface area contributed by atoms with Gasteiger partial charge in [-0.15, -0.1) is 0 Å². The van der Waals surface area contributed by atoms with Crippen LogP contribution in [0.2, 0.25) is 0 Å². The van der Waals surface area contributed by atoms with Gasteiger partial charge in [-0.1, -0.05) is 12.1 Å². The molecule has 1 aliphatic heterocycles. The Bertz CT molecular complexity index is 815. The van der Waals surface area contributed by atoms with Crippen LogP contribution in [0.4, 0.5) is 10.2 Å². The Hall–Kier alpha value is -2.54. The highest BCUT2D eigenvalue weighted by Crippen LogP contribution is 2.21. The molecule has 0 atom stereocenters. The zero-order chi connectivity index (χ0) is 16.4. The molecular weight excluding hydrogens is 307 g/mol.